The lowest BCUT2D eigenvalue weighted by atomic mass is 10.1. The van der Waals surface area contributed by atoms with Crippen molar-refractivity contribution in [2.75, 3.05) is 16.8 Å². The molecule has 0 saturated heterocycles. The fourth-order valence-electron chi connectivity index (χ4n) is 2.24. The number of amides is 1. The minimum Gasteiger partial charge on any atom is -0.325 e. The van der Waals surface area contributed by atoms with E-state index in [1.54, 1.807) is 24.3 Å². The van der Waals surface area contributed by atoms with Crippen LogP contribution in [-0.2, 0) is 21.1 Å². The van der Waals surface area contributed by atoms with Crippen LogP contribution in [0.1, 0.15) is 17.5 Å². The van der Waals surface area contributed by atoms with E-state index in [4.69, 9.17) is 5.26 Å². The third-order valence-electron chi connectivity index (χ3n) is 3.41. The van der Waals surface area contributed by atoms with Gasteiger partial charge in [0.25, 0.3) is 0 Å². The molecular weight excluding hydrogens is 324 g/mol. The maximum atomic E-state index is 12.0. The Morgan fingerprint density at radius 1 is 1.04 bits per heavy atom. The highest BCUT2D eigenvalue weighted by atomic mass is 32.2. The summed E-state index contributed by atoms with van der Waals surface area (Å²) in [4.78, 5) is 11.9. The topological polar surface area (TPSA) is 87.0 Å². The van der Waals surface area contributed by atoms with Crippen molar-refractivity contribution in [3.05, 3.63) is 65.7 Å². The van der Waals surface area contributed by atoms with Crippen LogP contribution in [0.4, 0.5) is 5.69 Å². The molecule has 0 aliphatic rings. The molecule has 5 nitrogen and oxygen atoms in total. The molecule has 0 aromatic heterocycles. The minimum atomic E-state index is -3.45. The molecule has 0 spiro atoms. The molecule has 0 aliphatic heterocycles. The second-order valence-electron chi connectivity index (χ2n) is 5.42. The SMILES string of the molecule is N#Cc1ccc(NC(=O)CS(=O)(=O)CCCc2ccccc2)cc1. The van der Waals surface area contributed by atoms with Gasteiger partial charge in [-0.1, -0.05) is 30.3 Å². The van der Waals surface area contributed by atoms with Crippen molar-refractivity contribution in [1.82, 2.24) is 0 Å². The predicted octanol–water partition coefficient (Wildman–Crippen LogP) is 2.54. The number of carbonyl (C=O) groups is 1. The zero-order valence-corrected chi connectivity index (χ0v) is 13.9. The lowest BCUT2D eigenvalue weighted by Gasteiger charge is -2.07. The van der Waals surface area contributed by atoms with Gasteiger partial charge in [-0.15, -0.1) is 0 Å². The first kappa shape index (κ1) is 17.7. The summed E-state index contributed by atoms with van der Waals surface area (Å²) < 4.78 is 24.0. The fourth-order valence-corrected chi connectivity index (χ4v) is 3.44. The number of nitrogens with zero attached hydrogens (tertiary/aromatic N) is 1. The molecule has 2 rings (SSSR count). The summed E-state index contributed by atoms with van der Waals surface area (Å²) in [6, 6.07) is 17.9. The van der Waals surface area contributed by atoms with Gasteiger partial charge in [0.05, 0.1) is 17.4 Å². The molecule has 0 bridgehead atoms. The summed E-state index contributed by atoms with van der Waals surface area (Å²) in [7, 11) is -3.45. The van der Waals surface area contributed by atoms with Crippen LogP contribution in [0.25, 0.3) is 0 Å². The number of nitriles is 1. The first-order valence-electron chi connectivity index (χ1n) is 7.53. The number of benzene rings is 2. The molecule has 1 amide bonds. The second kappa shape index (κ2) is 8.27. The zero-order valence-electron chi connectivity index (χ0n) is 13.1. The smallest absolute Gasteiger partial charge is 0.239 e. The molecule has 0 aliphatic carbocycles. The summed E-state index contributed by atoms with van der Waals surface area (Å²) in [6.07, 6.45) is 1.15. The standard InChI is InChI=1S/C18H18N2O3S/c19-13-16-8-10-17(11-9-16)20-18(21)14-24(22,23)12-4-7-15-5-2-1-3-6-15/h1-3,5-6,8-11H,4,7,12,14H2,(H,20,21). The van der Waals surface area contributed by atoms with E-state index in [1.807, 2.05) is 36.4 Å². The number of carbonyl (C=O) groups excluding carboxylic acids is 1. The van der Waals surface area contributed by atoms with E-state index in [1.165, 1.54) is 0 Å². The molecule has 6 heteroatoms. The summed E-state index contributed by atoms with van der Waals surface area (Å²) in [6.45, 7) is 0. The van der Waals surface area contributed by atoms with E-state index in [0.29, 0.717) is 24.1 Å². The number of hydrogen-bond donors (Lipinski definition) is 1. The molecule has 0 heterocycles. The summed E-state index contributed by atoms with van der Waals surface area (Å²) in [5.74, 6) is -1.13. The molecule has 1 N–H and O–H groups in total. The van der Waals surface area contributed by atoms with E-state index in [2.05, 4.69) is 5.32 Å². The van der Waals surface area contributed by atoms with Crippen molar-refractivity contribution >= 4 is 21.4 Å². The number of rotatable bonds is 7. The highest BCUT2D eigenvalue weighted by molar-refractivity contribution is 7.92. The Morgan fingerprint density at radius 3 is 2.33 bits per heavy atom. The molecule has 2 aromatic carbocycles. The van der Waals surface area contributed by atoms with Gasteiger partial charge in [-0.25, -0.2) is 8.42 Å². The first-order chi connectivity index (χ1) is 11.5. The summed E-state index contributed by atoms with van der Waals surface area (Å²) in [5.41, 5.74) is 2.02. The van der Waals surface area contributed by atoms with Gasteiger partial charge >= 0.3 is 0 Å². The summed E-state index contributed by atoms with van der Waals surface area (Å²) >= 11 is 0. The van der Waals surface area contributed by atoms with Crippen LogP contribution < -0.4 is 5.32 Å². The monoisotopic (exact) mass is 342 g/mol. The average Bonchev–Trinajstić information content (AvgIpc) is 2.55. The summed E-state index contributed by atoms with van der Waals surface area (Å²) in [5, 5.41) is 11.2. The minimum absolute atomic E-state index is 0.0251. The van der Waals surface area contributed by atoms with Crippen LogP contribution in [-0.4, -0.2) is 25.8 Å². The molecule has 0 saturated carbocycles. The van der Waals surface area contributed by atoms with E-state index < -0.39 is 21.5 Å². The normalized spacial score (nSPS) is 10.8. The lowest BCUT2D eigenvalue weighted by molar-refractivity contribution is -0.113. The van der Waals surface area contributed by atoms with Crippen molar-refractivity contribution < 1.29 is 13.2 Å². The first-order valence-corrected chi connectivity index (χ1v) is 9.35. The molecule has 124 valence electrons. The number of sulfone groups is 1. The van der Waals surface area contributed by atoms with Crippen LogP contribution in [0.2, 0.25) is 0 Å². The Morgan fingerprint density at radius 2 is 1.71 bits per heavy atom. The Hall–Kier alpha value is -2.65. The molecule has 24 heavy (non-hydrogen) atoms. The van der Waals surface area contributed by atoms with Crippen LogP contribution >= 0.6 is 0 Å². The number of aryl methyl sites for hydroxylation is 1. The number of hydrogen-bond acceptors (Lipinski definition) is 4. The van der Waals surface area contributed by atoms with Crippen molar-refractivity contribution in [2.45, 2.75) is 12.8 Å². The molecule has 0 atom stereocenters. The Balaban J connectivity index is 1.81. The fraction of sp³-hybridized carbons (Fsp3) is 0.222. The van der Waals surface area contributed by atoms with Crippen molar-refractivity contribution in [3.63, 3.8) is 0 Å². The van der Waals surface area contributed by atoms with E-state index >= 15 is 0 Å². The molecule has 2 aromatic rings. The maximum absolute atomic E-state index is 12.0. The molecule has 0 fully saturated rings. The van der Waals surface area contributed by atoms with Gasteiger partial charge in [-0.3, -0.25) is 4.79 Å². The van der Waals surface area contributed by atoms with Crippen LogP contribution in [0.15, 0.2) is 54.6 Å². The average molecular weight is 342 g/mol. The number of nitrogens with one attached hydrogen (secondary N) is 1. The van der Waals surface area contributed by atoms with Gasteiger partial charge in [-0.2, -0.15) is 5.26 Å². The van der Waals surface area contributed by atoms with Crippen molar-refractivity contribution in [2.24, 2.45) is 0 Å². The Kier molecular flexibility index (Phi) is 6.10. The van der Waals surface area contributed by atoms with Crippen molar-refractivity contribution in [1.29, 1.82) is 5.26 Å². The Labute approximate surface area is 141 Å². The molecule has 0 unspecified atom stereocenters. The second-order valence-corrected chi connectivity index (χ2v) is 7.60. The van der Waals surface area contributed by atoms with Gasteiger partial charge in [0.15, 0.2) is 9.84 Å². The van der Waals surface area contributed by atoms with E-state index in [9.17, 15) is 13.2 Å². The van der Waals surface area contributed by atoms with Gasteiger partial charge in [-0.05, 0) is 42.7 Å². The number of anilines is 1. The van der Waals surface area contributed by atoms with Gasteiger partial charge < -0.3 is 5.32 Å². The quantitative estimate of drug-likeness (QED) is 0.837. The van der Waals surface area contributed by atoms with E-state index in [0.717, 1.165) is 5.56 Å². The zero-order chi connectivity index (χ0) is 17.4. The largest absolute Gasteiger partial charge is 0.325 e. The van der Waals surface area contributed by atoms with E-state index in [-0.39, 0.29) is 5.75 Å². The highest BCUT2D eigenvalue weighted by Gasteiger charge is 2.16. The van der Waals surface area contributed by atoms with Gasteiger partial charge in [0, 0.05) is 5.69 Å². The third kappa shape index (κ3) is 5.86. The van der Waals surface area contributed by atoms with Crippen LogP contribution in [0.3, 0.4) is 0 Å². The Bertz CT molecular complexity index is 823. The van der Waals surface area contributed by atoms with Gasteiger partial charge in [0.1, 0.15) is 5.75 Å². The van der Waals surface area contributed by atoms with Crippen LogP contribution in [0, 0.1) is 11.3 Å². The van der Waals surface area contributed by atoms with Gasteiger partial charge in [0.2, 0.25) is 5.91 Å². The van der Waals surface area contributed by atoms with Crippen molar-refractivity contribution in [3.8, 4) is 6.07 Å². The predicted molar refractivity (Wildman–Crippen MR) is 93.2 cm³/mol. The third-order valence-corrected chi connectivity index (χ3v) is 5.03. The van der Waals surface area contributed by atoms with Crippen LogP contribution in [0.5, 0.6) is 0 Å². The highest BCUT2D eigenvalue weighted by Crippen LogP contribution is 2.09. The molecule has 0 radical (unpaired) electrons. The lowest BCUT2D eigenvalue weighted by Crippen LogP contribution is -2.24. The maximum Gasteiger partial charge on any atom is 0.239 e. The molecular formula is C18H18N2O3S.